The average molecular weight is 293 g/mol. The van der Waals surface area contributed by atoms with Gasteiger partial charge in [-0.05, 0) is 41.9 Å². The molecule has 20 heavy (non-hydrogen) atoms. The molecule has 0 aliphatic heterocycles. The third-order valence-electron chi connectivity index (χ3n) is 3.53. The maximum Gasteiger partial charge on any atom is 0.335 e. The van der Waals surface area contributed by atoms with Crippen LogP contribution in [0.3, 0.4) is 0 Å². The molecule has 0 fully saturated rings. The zero-order valence-corrected chi connectivity index (χ0v) is 13.3. The van der Waals surface area contributed by atoms with E-state index in [1.165, 1.54) is 12.1 Å². The van der Waals surface area contributed by atoms with Crippen molar-refractivity contribution in [1.29, 1.82) is 0 Å². The van der Waals surface area contributed by atoms with E-state index in [1.807, 2.05) is 0 Å². The fraction of sp³-hybridized carbons (Fsp3) is 0.462. The molecule has 0 radical (unpaired) electrons. The molecule has 0 atom stereocenters. The highest BCUT2D eigenvalue weighted by Crippen LogP contribution is 2.40. The van der Waals surface area contributed by atoms with Gasteiger partial charge in [-0.3, -0.25) is 0 Å². The summed E-state index contributed by atoms with van der Waals surface area (Å²) < 4.78 is 6.07. The Bertz CT molecular complexity index is 573. The van der Waals surface area contributed by atoms with Crippen LogP contribution in [0.2, 0.25) is 18.1 Å². The van der Waals surface area contributed by atoms with E-state index >= 15 is 0 Å². The number of aromatic carboxylic acids is 1. The predicted molar refractivity (Wildman–Crippen MR) is 80.0 cm³/mol. The van der Waals surface area contributed by atoms with Crippen LogP contribution in [0.25, 0.3) is 10.4 Å². The molecule has 0 saturated carbocycles. The highest BCUT2D eigenvalue weighted by atomic mass is 28.4. The molecule has 0 unspecified atom stereocenters. The molecule has 1 aromatic rings. The van der Waals surface area contributed by atoms with E-state index in [-0.39, 0.29) is 16.3 Å². The lowest BCUT2D eigenvalue weighted by Crippen LogP contribution is -2.43. The third kappa shape index (κ3) is 3.52. The molecular formula is C13H19N3O3Si. The smallest absolute Gasteiger partial charge is 0.335 e. The minimum absolute atomic E-state index is 0.00784. The van der Waals surface area contributed by atoms with Gasteiger partial charge >= 0.3 is 5.97 Å². The number of benzene rings is 1. The molecule has 1 aromatic carbocycles. The molecular weight excluding hydrogens is 274 g/mol. The number of carboxylic acid groups (broad SMARTS) is 1. The second-order valence-corrected chi connectivity index (χ2v) is 10.8. The van der Waals surface area contributed by atoms with Crippen molar-refractivity contribution in [3.8, 4) is 5.75 Å². The fourth-order valence-electron chi connectivity index (χ4n) is 1.29. The number of hydrogen-bond donors (Lipinski definition) is 1. The topological polar surface area (TPSA) is 95.3 Å². The van der Waals surface area contributed by atoms with Crippen molar-refractivity contribution in [1.82, 2.24) is 0 Å². The fourth-order valence-corrected chi connectivity index (χ4v) is 2.32. The van der Waals surface area contributed by atoms with Crippen LogP contribution in [0.1, 0.15) is 31.1 Å². The van der Waals surface area contributed by atoms with Crippen molar-refractivity contribution < 1.29 is 14.3 Å². The van der Waals surface area contributed by atoms with Gasteiger partial charge in [-0.25, -0.2) is 4.79 Å². The number of rotatable bonds is 4. The molecule has 0 saturated heterocycles. The summed E-state index contributed by atoms with van der Waals surface area (Å²) in [5.41, 5.74) is 8.87. The second kappa shape index (κ2) is 5.56. The maximum atomic E-state index is 10.9. The van der Waals surface area contributed by atoms with E-state index < -0.39 is 14.3 Å². The molecule has 1 rings (SSSR count). The van der Waals surface area contributed by atoms with E-state index in [0.717, 1.165) is 0 Å². The Balaban J connectivity index is 3.25. The minimum Gasteiger partial charge on any atom is -0.543 e. The summed E-state index contributed by atoms with van der Waals surface area (Å²) in [6.07, 6.45) is 0. The zero-order valence-electron chi connectivity index (χ0n) is 12.3. The average Bonchev–Trinajstić information content (AvgIpc) is 2.29. The normalized spacial score (nSPS) is 11.7. The molecule has 0 heterocycles. The van der Waals surface area contributed by atoms with Gasteiger partial charge in [0.15, 0.2) is 0 Å². The Morgan fingerprint density at radius 3 is 2.45 bits per heavy atom. The lowest BCUT2D eigenvalue weighted by molar-refractivity contribution is 0.0697. The number of carbonyl (C=O) groups is 1. The predicted octanol–water partition coefficient (Wildman–Crippen LogP) is 4.71. The van der Waals surface area contributed by atoms with E-state index in [0.29, 0.717) is 5.75 Å². The van der Waals surface area contributed by atoms with Gasteiger partial charge in [0.1, 0.15) is 5.75 Å². The molecule has 1 N–H and O–H groups in total. The standard InChI is InChI=1S/C13H19N3O3Si/c1-13(2,3)20(4,5)19-11-7-6-9(12(17)18)8-10(11)15-16-14/h6-8H,1-5H3,(H,17,18). The summed E-state index contributed by atoms with van der Waals surface area (Å²) in [4.78, 5) is 13.7. The molecule has 7 heteroatoms. The molecule has 0 bridgehead atoms. The molecule has 6 nitrogen and oxygen atoms in total. The van der Waals surface area contributed by atoms with Crippen molar-refractivity contribution >= 4 is 20.0 Å². The van der Waals surface area contributed by atoms with Gasteiger partial charge in [0.25, 0.3) is 0 Å². The Morgan fingerprint density at radius 1 is 1.40 bits per heavy atom. The van der Waals surface area contributed by atoms with Gasteiger partial charge < -0.3 is 9.53 Å². The number of hydrogen-bond acceptors (Lipinski definition) is 3. The lowest BCUT2D eigenvalue weighted by atomic mass is 10.2. The van der Waals surface area contributed by atoms with Gasteiger partial charge in [-0.2, -0.15) is 0 Å². The lowest BCUT2D eigenvalue weighted by Gasteiger charge is -2.36. The summed E-state index contributed by atoms with van der Waals surface area (Å²) in [6, 6.07) is 4.32. The summed E-state index contributed by atoms with van der Waals surface area (Å²) in [5, 5.41) is 12.5. The quantitative estimate of drug-likeness (QED) is 0.377. The van der Waals surface area contributed by atoms with Gasteiger partial charge in [0, 0.05) is 4.91 Å². The first-order valence-corrected chi connectivity index (χ1v) is 9.11. The van der Waals surface area contributed by atoms with Crippen molar-refractivity contribution in [3.05, 3.63) is 34.2 Å². The maximum absolute atomic E-state index is 10.9. The Hall–Kier alpha value is -1.98. The van der Waals surface area contributed by atoms with Crippen LogP contribution >= 0.6 is 0 Å². The highest BCUT2D eigenvalue weighted by molar-refractivity contribution is 6.74. The van der Waals surface area contributed by atoms with Crippen LogP contribution in [-0.4, -0.2) is 19.4 Å². The molecule has 0 aromatic heterocycles. The van der Waals surface area contributed by atoms with Crippen LogP contribution in [0, 0.1) is 0 Å². The Kier molecular flexibility index (Phi) is 4.47. The first-order valence-electron chi connectivity index (χ1n) is 6.20. The van der Waals surface area contributed by atoms with E-state index in [2.05, 4.69) is 43.9 Å². The van der Waals surface area contributed by atoms with Crippen LogP contribution in [0.5, 0.6) is 5.75 Å². The number of azide groups is 1. The molecule has 0 amide bonds. The zero-order chi connectivity index (χ0) is 15.6. The van der Waals surface area contributed by atoms with E-state index in [1.54, 1.807) is 6.07 Å². The number of nitrogens with zero attached hydrogens (tertiary/aromatic N) is 3. The first-order chi connectivity index (χ1) is 9.08. The van der Waals surface area contributed by atoms with Crippen LogP contribution in [0.15, 0.2) is 23.3 Å². The molecule has 0 aliphatic carbocycles. The highest BCUT2D eigenvalue weighted by Gasteiger charge is 2.39. The van der Waals surface area contributed by atoms with Crippen molar-refractivity contribution in [3.63, 3.8) is 0 Å². The summed E-state index contributed by atoms with van der Waals surface area (Å²) in [5.74, 6) is -0.641. The van der Waals surface area contributed by atoms with Crippen LogP contribution in [0.4, 0.5) is 5.69 Å². The SMILES string of the molecule is CC(C)(C)[Si](C)(C)Oc1ccc(C(=O)O)cc1N=[N+]=[N-]. The summed E-state index contributed by atoms with van der Waals surface area (Å²) in [6.45, 7) is 10.4. The van der Waals surface area contributed by atoms with Crippen molar-refractivity contribution in [2.75, 3.05) is 0 Å². The first kappa shape index (κ1) is 16.1. The van der Waals surface area contributed by atoms with Gasteiger partial charge in [0.05, 0.1) is 11.3 Å². The summed E-state index contributed by atoms with van der Waals surface area (Å²) >= 11 is 0. The largest absolute Gasteiger partial charge is 0.543 e. The Labute approximate surface area is 119 Å². The van der Waals surface area contributed by atoms with E-state index in [9.17, 15) is 4.79 Å². The number of carboxylic acids is 1. The molecule has 0 aliphatic rings. The van der Waals surface area contributed by atoms with Gasteiger partial charge in [-0.15, -0.1) is 0 Å². The summed E-state index contributed by atoms with van der Waals surface area (Å²) in [7, 11) is -2.08. The second-order valence-electron chi connectivity index (χ2n) is 6.04. The van der Waals surface area contributed by atoms with Crippen LogP contribution < -0.4 is 4.43 Å². The van der Waals surface area contributed by atoms with Gasteiger partial charge in [-0.1, -0.05) is 25.9 Å². The van der Waals surface area contributed by atoms with Gasteiger partial charge in [0.2, 0.25) is 8.32 Å². The monoisotopic (exact) mass is 293 g/mol. The molecule has 108 valence electrons. The minimum atomic E-state index is -2.08. The Morgan fingerprint density at radius 2 is 2.00 bits per heavy atom. The van der Waals surface area contributed by atoms with E-state index in [4.69, 9.17) is 15.1 Å². The van der Waals surface area contributed by atoms with Crippen molar-refractivity contribution in [2.24, 2.45) is 5.11 Å². The molecule has 0 spiro atoms. The van der Waals surface area contributed by atoms with Crippen molar-refractivity contribution in [2.45, 2.75) is 38.9 Å². The van der Waals surface area contributed by atoms with Crippen LogP contribution in [-0.2, 0) is 0 Å². The third-order valence-corrected chi connectivity index (χ3v) is 7.87.